The monoisotopic (exact) mass is 348 g/mol. The highest BCUT2D eigenvalue weighted by molar-refractivity contribution is 6.00. The van der Waals surface area contributed by atoms with Crippen LogP contribution in [0.5, 0.6) is 0 Å². The van der Waals surface area contributed by atoms with Gasteiger partial charge in [0.2, 0.25) is 5.91 Å². The molecule has 3 rings (SSSR count). The van der Waals surface area contributed by atoms with Gasteiger partial charge in [0.1, 0.15) is 5.82 Å². The van der Waals surface area contributed by atoms with Gasteiger partial charge in [-0.15, -0.1) is 0 Å². The first kappa shape index (κ1) is 17.4. The number of esters is 1. The molecule has 0 unspecified atom stereocenters. The molecular weight excluding hydrogens is 327 g/mol. The van der Waals surface area contributed by atoms with Gasteiger partial charge < -0.3 is 15.4 Å². The number of carbonyl (C=O) groups excluding carboxylic acids is 3. The van der Waals surface area contributed by atoms with Crippen LogP contribution in [0, 0.1) is 5.82 Å². The first-order valence-corrected chi connectivity index (χ1v) is 8.54. The highest BCUT2D eigenvalue weighted by atomic mass is 19.1. The van der Waals surface area contributed by atoms with Crippen LogP contribution in [-0.2, 0) is 19.1 Å². The molecule has 6 nitrogen and oxygen atoms in total. The Morgan fingerprint density at radius 2 is 2.04 bits per heavy atom. The van der Waals surface area contributed by atoms with Gasteiger partial charge in [-0.25, -0.2) is 4.39 Å². The van der Waals surface area contributed by atoms with Gasteiger partial charge in [0.15, 0.2) is 6.10 Å². The Morgan fingerprint density at radius 1 is 1.32 bits per heavy atom. The Labute approximate surface area is 145 Å². The van der Waals surface area contributed by atoms with Crippen LogP contribution in [0.2, 0.25) is 0 Å². The zero-order chi connectivity index (χ0) is 18.0. The van der Waals surface area contributed by atoms with E-state index in [9.17, 15) is 18.8 Å². The second-order valence-corrected chi connectivity index (χ2v) is 6.61. The molecule has 1 fully saturated rings. The number of fused-ring (bicyclic) bond motifs is 1. The fourth-order valence-corrected chi connectivity index (χ4v) is 3.35. The summed E-state index contributed by atoms with van der Waals surface area (Å²) in [5, 5.41) is 5.42. The third kappa shape index (κ3) is 3.97. The van der Waals surface area contributed by atoms with Crippen LogP contribution in [0.1, 0.15) is 50.5 Å². The van der Waals surface area contributed by atoms with E-state index in [1.54, 1.807) is 0 Å². The quantitative estimate of drug-likeness (QED) is 0.818. The van der Waals surface area contributed by atoms with Crippen molar-refractivity contribution in [1.82, 2.24) is 5.32 Å². The van der Waals surface area contributed by atoms with Crippen LogP contribution in [0.3, 0.4) is 0 Å². The lowest BCUT2D eigenvalue weighted by molar-refractivity contribution is -0.157. The van der Waals surface area contributed by atoms with Crippen molar-refractivity contribution in [2.75, 3.05) is 5.32 Å². The van der Waals surface area contributed by atoms with Crippen molar-refractivity contribution in [2.45, 2.75) is 57.1 Å². The summed E-state index contributed by atoms with van der Waals surface area (Å²) in [5.41, 5.74) is 0.760. The number of rotatable bonds is 4. The molecule has 0 aromatic heterocycles. The van der Waals surface area contributed by atoms with Gasteiger partial charge in [-0.05, 0) is 37.5 Å². The van der Waals surface area contributed by atoms with Crippen molar-refractivity contribution >= 4 is 23.5 Å². The molecule has 0 spiro atoms. The third-order valence-corrected chi connectivity index (χ3v) is 4.70. The summed E-state index contributed by atoms with van der Waals surface area (Å²) in [6.45, 7) is 1.51. The molecule has 134 valence electrons. The molecule has 1 aliphatic heterocycles. The molecular formula is C18H21FN2O4. The molecule has 25 heavy (non-hydrogen) atoms. The lowest BCUT2D eigenvalue weighted by atomic mass is 9.90. The van der Waals surface area contributed by atoms with Crippen molar-refractivity contribution in [3.05, 3.63) is 29.6 Å². The topological polar surface area (TPSA) is 84.5 Å². The van der Waals surface area contributed by atoms with Gasteiger partial charge in [0.05, 0.1) is 5.92 Å². The molecule has 1 aliphatic carbocycles. The average Bonchev–Trinajstić information content (AvgIpc) is 3.06. The fraction of sp³-hybridized carbons (Fsp3) is 0.500. The van der Waals surface area contributed by atoms with Crippen LogP contribution >= 0.6 is 0 Å². The molecule has 2 atom stereocenters. The number of carbonyl (C=O) groups is 3. The van der Waals surface area contributed by atoms with Gasteiger partial charge in [-0.2, -0.15) is 0 Å². The molecule has 0 radical (unpaired) electrons. The summed E-state index contributed by atoms with van der Waals surface area (Å²) in [4.78, 5) is 36.4. The van der Waals surface area contributed by atoms with Crippen LogP contribution in [0.25, 0.3) is 0 Å². The van der Waals surface area contributed by atoms with Gasteiger partial charge >= 0.3 is 5.97 Å². The second-order valence-electron chi connectivity index (χ2n) is 6.61. The first-order valence-electron chi connectivity index (χ1n) is 8.54. The van der Waals surface area contributed by atoms with Crippen LogP contribution < -0.4 is 10.6 Å². The van der Waals surface area contributed by atoms with Crippen molar-refractivity contribution in [2.24, 2.45) is 0 Å². The number of ether oxygens (including phenoxy) is 1. The number of halogens is 1. The minimum Gasteiger partial charge on any atom is -0.452 e. The Bertz CT molecular complexity index is 700. The molecule has 2 amide bonds. The fourth-order valence-electron chi connectivity index (χ4n) is 3.35. The molecule has 7 heteroatoms. The lowest BCUT2D eigenvalue weighted by Crippen LogP contribution is -2.41. The summed E-state index contributed by atoms with van der Waals surface area (Å²) >= 11 is 0. The van der Waals surface area contributed by atoms with Crippen molar-refractivity contribution in [1.29, 1.82) is 0 Å². The molecule has 0 saturated heterocycles. The van der Waals surface area contributed by atoms with Gasteiger partial charge in [0, 0.05) is 18.2 Å². The van der Waals surface area contributed by atoms with Crippen LogP contribution in [0.15, 0.2) is 18.2 Å². The smallest absolute Gasteiger partial charge is 0.314 e. The summed E-state index contributed by atoms with van der Waals surface area (Å²) in [5.74, 6) is -2.72. The predicted molar refractivity (Wildman–Crippen MR) is 88.3 cm³/mol. The van der Waals surface area contributed by atoms with Crippen LogP contribution in [-0.4, -0.2) is 29.9 Å². The largest absolute Gasteiger partial charge is 0.452 e. The highest BCUT2D eigenvalue weighted by Crippen LogP contribution is 2.33. The summed E-state index contributed by atoms with van der Waals surface area (Å²) in [6, 6.07) is 3.99. The SMILES string of the molecule is C[C@@H](OC(=O)[C@@H]1CC(=O)Nc2cc(F)ccc21)C(=O)NC1CCCC1. The Hall–Kier alpha value is -2.44. The molecule has 2 aliphatic rings. The zero-order valence-corrected chi connectivity index (χ0v) is 14.0. The van der Waals surface area contributed by atoms with Crippen molar-refractivity contribution < 1.29 is 23.5 Å². The van der Waals surface area contributed by atoms with E-state index in [1.165, 1.54) is 25.1 Å². The van der Waals surface area contributed by atoms with E-state index in [0.717, 1.165) is 25.7 Å². The Kier molecular flexibility index (Phi) is 5.01. The highest BCUT2D eigenvalue weighted by Gasteiger charge is 2.34. The molecule has 0 bridgehead atoms. The molecule has 1 aromatic rings. The molecule has 1 aromatic carbocycles. The number of hydrogen-bond acceptors (Lipinski definition) is 4. The Balaban J connectivity index is 1.66. The summed E-state index contributed by atoms with van der Waals surface area (Å²) in [6.07, 6.45) is 3.02. The lowest BCUT2D eigenvalue weighted by Gasteiger charge is -2.25. The maximum absolute atomic E-state index is 13.3. The van der Waals surface area contributed by atoms with E-state index in [2.05, 4.69) is 10.6 Å². The Morgan fingerprint density at radius 3 is 2.76 bits per heavy atom. The first-order chi connectivity index (χ1) is 11.9. The normalized spacial score (nSPS) is 21.2. The van der Waals surface area contributed by atoms with E-state index in [4.69, 9.17) is 4.74 Å². The number of hydrogen-bond donors (Lipinski definition) is 2. The van der Waals surface area contributed by atoms with E-state index in [0.29, 0.717) is 5.56 Å². The van der Waals surface area contributed by atoms with Crippen molar-refractivity contribution in [3.63, 3.8) is 0 Å². The molecule has 2 N–H and O–H groups in total. The standard InChI is InChI=1S/C18H21FN2O4/c1-10(17(23)20-12-4-2-3-5-12)25-18(24)14-9-16(22)21-15-8-11(19)6-7-13(14)15/h6-8,10,12,14H,2-5,9H2,1H3,(H,20,23)(H,21,22)/t10-,14-/m1/s1. The van der Waals surface area contributed by atoms with Crippen molar-refractivity contribution in [3.8, 4) is 0 Å². The summed E-state index contributed by atoms with van der Waals surface area (Å²) < 4.78 is 18.6. The maximum Gasteiger partial charge on any atom is 0.314 e. The molecule has 1 saturated carbocycles. The number of benzene rings is 1. The van der Waals surface area contributed by atoms with E-state index >= 15 is 0 Å². The third-order valence-electron chi connectivity index (χ3n) is 4.70. The maximum atomic E-state index is 13.3. The predicted octanol–water partition coefficient (Wildman–Crippen LogP) is 2.24. The minimum atomic E-state index is -0.943. The van der Waals surface area contributed by atoms with E-state index < -0.39 is 23.8 Å². The van der Waals surface area contributed by atoms with Gasteiger partial charge in [0.25, 0.3) is 5.91 Å². The minimum absolute atomic E-state index is 0.0889. The average molecular weight is 348 g/mol. The van der Waals surface area contributed by atoms with E-state index in [1.807, 2.05) is 0 Å². The van der Waals surface area contributed by atoms with Gasteiger partial charge in [-0.1, -0.05) is 18.9 Å². The number of nitrogens with one attached hydrogen (secondary N) is 2. The van der Waals surface area contributed by atoms with E-state index in [-0.39, 0.29) is 30.0 Å². The second kappa shape index (κ2) is 7.21. The summed E-state index contributed by atoms with van der Waals surface area (Å²) in [7, 11) is 0. The molecule has 1 heterocycles. The van der Waals surface area contributed by atoms with Gasteiger partial charge in [-0.3, -0.25) is 14.4 Å². The number of anilines is 1. The van der Waals surface area contributed by atoms with Crippen LogP contribution in [0.4, 0.5) is 10.1 Å². The number of amides is 2. The zero-order valence-electron chi connectivity index (χ0n) is 14.0.